The zero-order valence-corrected chi connectivity index (χ0v) is 6.34. The number of nitrogens with one attached hydrogen (secondary N) is 1. The van der Waals surface area contributed by atoms with Crippen molar-refractivity contribution in [2.75, 3.05) is 0 Å². The van der Waals surface area contributed by atoms with E-state index in [9.17, 15) is 9.59 Å². The highest BCUT2D eigenvalue weighted by atomic mass is 127. The lowest BCUT2D eigenvalue weighted by molar-refractivity contribution is -0.150. The van der Waals surface area contributed by atoms with Gasteiger partial charge in [0.15, 0.2) is 3.92 Å². The Morgan fingerprint density at radius 3 is 2.22 bits per heavy atom. The molecule has 1 unspecified atom stereocenters. The lowest BCUT2D eigenvalue weighted by Crippen LogP contribution is -2.14. The van der Waals surface area contributed by atoms with Crippen LogP contribution in [-0.4, -0.2) is 21.6 Å². The van der Waals surface area contributed by atoms with Crippen molar-refractivity contribution >= 4 is 40.2 Å². The maximum absolute atomic E-state index is 10.4. The summed E-state index contributed by atoms with van der Waals surface area (Å²) in [4.78, 5) is 20.7. The topological polar surface area (TPSA) is 67.2 Å². The average Bonchev–Trinajstić information content (AvgIpc) is 1.98. The normalized spacial score (nSPS) is 26.8. The Bertz CT molecular complexity index is 200. The van der Waals surface area contributed by atoms with Crippen LogP contribution in [0.1, 0.15) is 0 Å². The maximum atomic E-state index is 10.4. The highest BCUT2D eigenvalue weighted by molar-refractivity contribution is 14.1. The van der Waals surface area contributed by atoms with Crippen molar-refractivity contribution in [1.29, 1.82) is 5.41 Å². The van der Waals surface area contributed by atoms with E-state index in [0.717, 1.165) is 0 Å². The zero-order valence-electron chi connectivity index (χ0n) is 4.18. The van der Waals surface area contributed by atoms with E-state index in [-0.39, 0.29) is 5.71 Å². The van der Waals surface area contributed by atoms with E-state index in [1.165, 1.54) is 0 Å². The summed E-state index contributed by atoms with van der Waals surface area (Å²) in [5, 5.41) is 6.89. The summed E-state index contributed by atoms with van der Waals surface area (Å²) in [6.07, 6.45) is 0. The molecule has 1 saturated heterocycles. The fraction of sp³-hybridized carbons (Fsp3) is 0.250. The Morgan fingerprint density at radius 2 is 2.11 bits per heavy atom. The Hall–Kier alpha value is -0.460. The fourth-order valence-electron chi connectivity index (χ4n) is 0.419. The average molecular weight is 239 g/mol. The molecule has 1 atom stereocenters. The minimum Gasteiger partial charge on any atom is -0.387 e. The molecular formula is C4H2INO3. The molecule has 1 aliphatic rings. The van der Waals surface area contributed by atoms with Crippen LogP contribution < -0.4 is 0 Å². The van der Waals surface area contributed by atoms with Crippen LogP contribution in [0, 0.1) is 5.41 Å². The van der Waals surface area contributed by atoms with Gasteiger partial charge in [-0.15, -0.1) is 0 Å². The number of hydrogen-bond acceptors (Lipinski definition) is 4. The van der Waals surface area contributed by atoms with Gasteiger partial charge in [0, 0.05) is 0 Å². The van der Waals surface area contributed by atoms with Crippen molar-refractivity contribution in [3.05, 3.63) is 0 Å². The molecule has 1 rings (SSSR count). The largest absolute Gasteiger partial charge is 0.387 e. The molecule has 48 valence electrons. The van der Waals surface area contributed by atoms with Gasteiger partial charge in [0.2, 0.25) is 0 Å². The number of esters is 2. The first kappa shape index (κ1) is 6.66. The van der Waals surface area contributed by atoms with Crippen LogP contribution >= 0.6 is 22.6 Å². The molecular weight excluding hydrogens is 237 g/mol. The van der Waals surface area contributed by atoms with Gasteiger partial charge in [-0.2, -0.15) is 0 Å². The summed E-state index contributed by atoms with van der Waals surface area (Å²) in [7, 11) is 0. The SMILES string of the molecule is N=C1C(=O)OC(=O)C1I. The molecule has 5 heteroatoms. The Labute approximate surface area is 64.2 Å². The molecule has 0 spiro atoms. The lowest BCUT2D eigenvalue weighted by Gasteiger charge is -1.85. The predicted molar refractivity (Wildman–Crippen MR) is 36.6 cm³/mol. The van der Waals surface area contributed by atoms with E-state index in [2.05, 4.69) is 4.74 Å². The van der Waals surface area contributed by atoms with Crippen LogP contribution in [0.4, 0.5) is 0 Å². The summed E-state index contributed by atoms with van der Waals surface area (Å²) in [6.45, 7) is 0. The van der Waals surface area contributed by atoms with Crippen LogP contribution in [0.2, 0.25) is 0 Å². The first-order valence-electron chi connectivity index (χ1n) is 2.11. The van der Waals surface area contributed by atoms with Gasteiger partial charge in [-0.3, -0.25) is 5.41 Å². The second-order valence-corrected chi connectivity index (χ2v) is 2.73. The standard InChI is InChI=1S/C4H2INO3/c5-1-2(6)4(8)9-3(1)7/h1,6H. The highest BCUT2D eigenvalue weighted by Gasteiger charge is 2.37. The molecule has 0 aromatic rings. The van der Waals surface area contributed by atoms with Crippen LogP contribution in [0.5, 0.6) is 0 Å². The number of cyclic esters (lactones) is 2. The molecule has 4 nitrogen and oxygen atoms in total. The van der Waals surface area contributed by atoms with Gasteiger partial charge < -0.3 is 4.74 Å². The molecule has 0 aromatic carbocycles. The maximum Gasteiger partial charge on any atom is 0.361 e. The molecule has 0 saturated carbocycles. The monoisotopic (exact) mass is 239 g/mol. The Kier molecular flexibility index (Phi) is 1.52. The minimum absolute atomic E-state index is 0.263. The van der Waals surface area contributed by atoms with Crippen molar-refractivity contribution in [3.63, 3.8) is 0 Å². The number of carbonyl (C=O) groups excluding carboxylic acids is 2. The summed E-state index contributed by atoms with van der Waals surface area (Å²) in [5.41, 5.74) is -0.263. The van der Waals surface area contributed by atoms with Gasteiger partial charge in [0.1, 0.15) is 5.71 Å². The molecule has 0 radical (unpaired) electrons. The zero-order chi connectivity index (χ0) is 7.02. The second kappa shape index (κ2) is 2.05. The Morgan fingerprint density at radius 1 is 1.56 bits per heavy atom. The molecule has 0 aliphatic carbocycles. The van der Waals surface area contributed by atoms with Crippen LogP contribution in [-0.2, 0) is 14.3 Å². The number of carbonyl (C=O) groups is 2. The van der Waals surface area contributed by atoms with E-state index in [0.29, 0.717) is 0 Å². The van der Waals surface area contributed by atoms with Gasteiger partial charge in [-0.05, 0) is 0 Å². The van der Waals surface area contributed by atoms with Gasteiger partial charge in [-0.25, -0.2) is 9.59 Å². The first-order valence-corrected chi connectivity index (χ1v) is 3.36. The minimum atomic E-state index is -0.820. The van der Waals surface area contributed by atoms with E-state index < -0.39 is 15.9 Å². The van der Waals surface area contributed by atoms with Gasteiger partial charge >= 0.3 is 11.9 Å². The number of hydrogen-bond donors (Lipinski definition) is 1. The smallest absolute Gasteiger partial charge is 0.361 e. The van der Waals surface area contributed by atoms with Gasteiger partial charge in [0.05, 0.1) is 0 Å². The molecule has 9 heavy (non-hydrogen) atoms. The van der Waals surface area contributed by atoms with E-state index in [4.69, 9.17) is 5.41 Å². The third-order valence-corrected chi connectivity index (χ3v) is 2.00. The molecule has 1 aliphatic heterocycles. The fourth-order valence-corrected chi connectivity index (χ4v) is 0.801. The molecule has 0 amide bonds. The van der Waals surface area contributed by atoms with E-state index in [1.54, 1.807) is 22.6 Å². The molecule has 1 N–H and O–H groups in total. The van der Waals surface area contributed by atoms with E-state index >= 15 is 0 Å². The molecule has 1 heterocycles. The summed E-state index contributed by atoms with van der Waals surface area (Å²) in [6, 6.07) is 0. The van der Waals surface area contributed by atoms with E-state index in [1.807, 2.05) is 0 Å². The van der Waals surface area contributed by atoms with Crippen LogP contribution in [0.15, 0.2) is 0 Å². The highest BCUT2D eigenvalue weighted by Crippen LogP contribution is 2.12. The number of rotatable bonds is 0. The summed E-state index contributed by atoms with van der Waals surface area (Å²) in [5.74, 6) is -1.45. The van der Waals surface area contributed by atoms with Crippen molar-refractivity contribution in [1.82, 2.24) is 0 Å². The van der Waals surface area contributed by atoms with Crippen molar-refractivity contribution in [2.24, 2.45) is 0 Å². The van der Waals surface area contributed by atoms with Gasteiger partial charge in [-0.1, -0.05) is 22.6 Å². The molecule has 0 bridgehead atoms. The Balaban J connectivity index is 2.90. The third kappa shape index (κ3) is 0.958. The van der Waals surface area contributed by atoms with Crippen molar-refractivity contribution in [2.45, 2.75) is 3.92 Å². The number of ether oxygens (including phenoxy) is 1. The van der Waals surface area contributed by atoms with Crippen molar-refractivity contribution in [3.8, 4) is 0 Å². The molecule has 1 fully saturated rings. The quantitative estimate of drug-likeness (QED) is 0.277. The van der Waals surface area contributed by atoms with Crippen molar-refractivity contribution < 1.29 is 14.3 Å². The third-order valence-electron chi connectivity index (χ3n) is 0.874. The molecule has 0 aromatic heterocycles. The predicted octanol–water partition coefficient (Wildman–Crippen LogP) is -0.107. The lowest BCUT2D eigenvalue weighted by atomic mass is 10.3. The summed E-state index contributed by atoms with van der Waals surface area (Å²) < 4.78 is 3.38. The van der Waals surface area contributed by atoms with Crippen LogP contribution in [0.3, 0.4) is 0 Å². The first-order chi connectivity index (χ1) is 4.13. The number of halogens is 1. The number of alkyl halides is 1. The van der Waals surface area contributed by atoms with Gasteiger partial charge in [0.25, 0.3) is 0 Å². The van der Waals surface area contributed by atoms with Crippen LogP contribution in [0.25, 0.3) is 0 Å². The second-order valence-electron chi connectivity index (χ2n) is 1.48. The summed E-state index contributed by atoms with van der Waals surface area (Å²) >= 11 is 1.68.